The van der Waals surface area contributed by atoms with Crippen molar-refractivity contribution in [1.29, 1.82) is 0 Å². The Morgan fingerprint density at radius 3 is 2.63 bits per heavy atom. The Morgan fingerprint density at radius 2 is 2.05 bits per heavy atom. The Morgan fingerprint density at radius 1 is 1.37 bits per heavy atom. The first-order valence-corrected chi connectivity index (χ1v) is 6.99. The molecule has 1 aromatic rings. The summed E-state index contributed by atoms with van der Waals surface area (Å²) in [5, 5.41) is 9.33. The molecule has 2 aliphatic heterocycles. The summed E-state index contributed by atoms with van der Waals surface area (Å²) in [5.41, 5.74) is 0. The molecule has 1 aromatic heterocycles. The number of hydrogen-bond donors (Lipinski definition) is 1. The average molecular weight is 282 g/mol. The van der Waals surface area contributed by atoms with Gasteiger partial charge in [0.1, 0.15) is 11.0 Å². The van der Waals surface area contributed by atoms with Crippen molar-refractivity contribution in [2.75, 3.05) is 4.90 Å². The van der Waals surface area contributed by atoms with Gasteiger partial charge in [-0.15, -0.1) is 0 Å². The number of carboxylic acids is 1. The zero-order chi connectivity index (χ0) is 13.4. The first kappa shape index (κ1) is 12.7. The van der Waals surface area contributed by atoms with Crippen molar-refractivity contribution in [2.45, 2.75) is 44.2 Å². The van der Waals surface area contributed by atoms with Crippen LogP contribution in [0.3, 0.4) is 0 Å². The predicted octanol–water partition coefficient (Wildman–Crippen LogP) is 2.35. The van der Waals surface area contributed by atoms with Crippen LogP contribution >= 0.6 is 11.6 Å². The van der Waals surface area contributed by atoms with Gasteiger partial charge in [0.25, 0.3) is 0 Å². The minimum Gasteiger partial charge on any atom is -0.481 e. The minimum atomic E-state index is -0.694. The fourth-order valence-electron chi connectivity index (χ4n) is 3.53. The van der Waals surface area contributed by atoms with E-state index in [-0.39, 0.29) is 6.42 Å². The molecule has 2 aliphatic rings. The van der Waals surface area contributed by atoms with Gasteiger partial charge in [-0.1, -0.05) is 11.6 Å². The molecular formula is C13H16ClN3O2. The van der Waals surface area contributed by atoms with E-state index < -0.39 is 5.97 Å². The van der Waals surface area contributed by atoms with Gasteiger partial charge in [-0.25, -0.2) is 4.98 Å². The number of rotatable bonds is 3. The Hall–Kier alpha value is -1.36. The van der Waals surface area contributed by atoms with Crippen molar-refractivity contribution < 1.29 is 9.90 Å². The summed E-state index contributed by atoms with van der Waals surface area (Å²) in [5.74, 6) is 0.424. The van der Waals surface area contributed by atoms with Crippen molar-refractivity contribution in [1.82, 2.24) is 9.97 Å². The van der Waals surface area contributed by atoms with Crippen LogP contribution in [-0.4, -0.2) is 33.1 Å². The van der Waals surface area contributed by atoms with Crippen LogP contribution < -0.4 is 4.90 Å². The normalized spacial score (nSPS) is 29.5. The number of carboxylic acid groups (broad SMARTS) is 1. The number of carbonyl (C=O) groups is 1. The van der Waals surface area contributed by atoms with E-state index in [0.717, 1.165) is 31.5 Å². The van der Waals surface area contributed by atoms with Crippen molar-refractivity contribution in [3.05, 3.63) is 17.5 Å². The summed E-state index contributed by atoms with van der Waals surface area (Å²) in [4.78, 5) is 21.6. The second-order valence-electron chi connectivity index (χ2n) is 5.43. The van der Waals surface area contributed by atoms with E-state index in [2.05, 4.69) is 14.9 Å². The van der Waals surface area contributed by atoms with Gasteiger partial charge in [0.15, 0.2) is 0 Å². The van der Waals surface area contributed by atoms with Gasteiger partial charge in [0.2, 0.25) is 0 Å². The number of halogens is 1. The topological polar surface area (TPSA) is 66.3 Å². The zero-order valence-corrected chi connectivity index (χ0v) is 11.3. The molecule has 0 radical (unpaired) electrons. The lowest BCUT2D eigenvalue weighted by Crippen LogP contribution is -2.44. The van der Waals surface area contributed by atoms with E-state index in [0.29, 0.717) is 23.2 Å². The maximum atomic E-state index is 10.8. The fraction of sp³-hybridized carbons (Fsp3) is 0.615. The van der Waals surface area contributed by atoms with Gasteiger partial charge >= 0.3 is 5.97 Å². The van der Waals surface area contributed by atoms with Crippen molar-refractivity contribution in [2.24, 2.45) is 5.92 Å². The van der Waals surface area contributed by atoms with E-state index in [1.807, 2.05) is 0 Å². The molecule has 2 saturated heterocycles. The fourth-order valence-corrected chi connectivity index (χ4v) is 3.68. The molecule has 102 valence electrons. The highest BCUT2D eigenvalue weighted by atomic mass is 35.5. The van der Waals surface area contributed by atoms with E-state index >= 15 is 0 Å². The molecule has 5 nitrogen and oxygen atoms in total. The number of aromatic nitrogens is 2. The monoisotopic (exact) mass is 281 g/mol. The molecule has 0 saturated carbocycles. The molecule has 3 rings (SSSR count). The molecule has 0 amide bonds. The van der Waals surface area contributed by atoms with Gasteiger partial charge in [-0.3, -0.25) is 9.78 Å². The van der Waals surface area contributed by atoms with Crippen LogP contribution in [0, 0.1) is 5.92 Å². The smallest absolute Gasteiger partial charge is 0.303 e. The van der Waals surface area contributed by atoms with Gasteiger partial charge in [-0.05, 0) is 31.6 Å². The molecule has 6 heteroatoms. The highest BCUT2D eigenvalue weighted by Crippen LogP contribution is 2.41. The molecule has 19 heavy (non-hydrogen) atoms. The van der Waals surface area contributed by atoms with Crippen molar-refractivity contribution >= 4 is 23.4 Å². The highest BCUT2D eigenvalue weighted by molar-refractivity contribution is 6.29. The van der Waals surface area contributed by atoms with Gasteiger partial charge in [-0.2, -0.15) is 0 Å². The van der Waals surface area contributed by atoms with E-state index in [1.165, 1.54) is 6.20 Å². The number of piperidine rings is 1. The molecule has 0 aliphatic carbocycles. The van der Waals surface area contributed by atoms with E-state index in [4.69, 9.17) is 16.7 Å². The van der Waals surface area contributed by atoms with Crippen molar-refractivity contribution in [3.8, 4) is 0 Å². The average Bonchev–Trinajstić information content (AvgIpc) is 2.61. The van der Waals surface area contributed by atoms with Crippen LogP contribution in [-0.2, 0) is 4.79 Å². The second-order valence-corrected chi connectivity index (χ2v) is 5.81. The molecular weight excluding hydrogens is 266 g/mol. The third-order valence-corrected chi connectivity index (χ3v) is 4.33. The number of hydrogen-bond acceptors (Lipinski definition) is 4. The van der Waals surface area contributed by atoms with Crippen LogP contribution in [0.15, 0.2) is 12.4 Å². The van der Waals surface area contributed by atoms with Gasteiger partial charge in [0.05, 0.1) is 12.4 Å². The van der Waals surface area contributed by atoms with Crippen LogP contribution in [0.5, 0.6) is 0 Å². The molecule has 1 N–H and O–H groups in total. The summed E-state index contributed by atoms with van der Waals surface area (Å²) < 4.78 is 0. The Bertz CT molecular complexity index is 483. The third-order valence-electron chi connectivity index (χ3n) is 4.15. The lowest BCUT2D eigenvalue weighted by molar-refractivity contribution is -0.138. The Balaban J connectivity index is 1.78. The largest absolute Gasteiger partial charge is 0.481 e. The lowest BCUT2D eigenvalue weighted by atomic mass is 9.88. The summed E-state index contributed by atoms with van der Waals surface area (Å²) in [6, 6.07) is 0.770. The van der Waals surface area contributed by atoms with Crippen molar-refractivity contribution in [3.63, 3.8) is 0 Å². The first-order valence-electron chi connectivity index (χ1n) is 6.61. The maximum absolute atomic E-state index is 10.8. The molecule has 2 bridgehead atoms. The number of nitrogens with zero attached hydrogens (tertiary/aromatic N) is 3. The van der Waals surface area contributed by atoms with Crippen LogP contribution in [0.25, 0.3) is 0 Å². The van der Waals surface area contributed by atoms with E-state index in [1.54, 1.807) is 6.20 Å². The molecule has 2 fully saturated rings. The van der Waals surface area contributed by atoms with Crippen LogP contribution in [0.4, 0.5) is 5.82 Å². The number of anilines is 1. The van der Waals surface area contributed by atoms with Crippen LogP contribution in [0.2, 0.25) is 5.15 Å². The van der Waals surface area contributed by atoms with Gasteiger partial charge < -0.3 is 10.0 Å². The number of aliphatic carboxylic acids is 1. The summed E-state index contributed by atoms with van der Waals surface area (Å²) in [7, 11) is 0. The zero-order valence-electron chi connectivity index (χ0n) is 10.5. The molecule has 3 heterocycles. The molecule has 2 atom stereocenters. The highest BCUT2D eigenvalue weighted by Gasteiger charge is 2.41. The summed E-state index contributed by atoms with van der Waals surface area (Å²) in [6.45, 7) is 0. The minimum absolute atomic E-state index is 0.280. The quantitative estimate of drug-likeness (QED) is 0.921. The third kappa shape index (κ3) is 2.52. The van der Waals surface area contributed by atoms with Crippen LogP contribution in [0.1, 0.15) is 32.1 Å². The number of fused-ring (bicyclic) bond motifs is 2. The van der Waals surface area contributed by atoms with E-state index in [9.17, 15) is 4.79 Å². The predicted molar refractivity (Wildman–Crippen MR) is 71.3 cm³/mol. The van der Waals surface area contributed by atoms with Gasteiger partial charge in [0, 0.05) is 18.5 Å². The SMILES string of the molecule is O=C(O)CC1CC2CCC(C1)N2c1cncc(Cl)n1. The first-order chi connectivity index (χ1) is 9.13. The molecule has 0 aromatic carbocycles. The maximum Gasteiger partial charge on any atom is 0.303 e. The molecule has 2 unspecified atom stereocenters. The second kappa shape index (κ2) is 4.96. The standard InChI is InChI=1S/C13H16ClN3O2/c14-11-6-15-7-12(16-11)17-9-1-2-10(17)4-8(3-9)5-13(18)19/h6-10H,1-5H2,(H,18,19). The summed E-state index contributed by atoms with van der Waals surface area (Å²) in [6.07, 6.45) is 7.62. The lowest BCUT2D eigenvalue weighted by Gasteiger charge is -2.39. The Labute approximate surface area is 116 Å². The Kier molecular flexibility index (Phi) is 3.31. The summed E-state index contributed by atoms with van der Waals surface area (Å²) >= 11 is 5.90. The molecule has 0 spiro atoms.